The quantitative estimate of drug-likeness (QED) is 0.481. The maximum absolute atomic E-state index is 13.1. The van der Waals surface area contributed by atoms with Crippen molar-refractivity contribution < 1.29 is 28.3 Å². The van der Waals surface area contributed by atoms with E-state index >= 15 is 0 Å². The van der Waals surface area contributed by atoms with Gasteiger partial charge in [0, 0.05) is 5.69 Å². The SMILES string of the molecule is C[C@@H](OC(=O)CN1C(=O)[C@H]2CC=CC[C@H]2C1=O)C(=O)Nc1cccc(F)c1. The molecular weight excluding hydrogens is 355 g/mol. The number of carbonyl (C=O) groups excluding carboxylic acids is 4. The molecule has 3 atom stereocenters. The number of anilines is 1. The first-order valence-corrected chi connectivity index (χ1v) is 8.63. The van der Waals surface area contributed by atoms with Crippen LogP contribution in [0.25, 0.3) is 0 Å². The van der Waals surface area contributed by atoms with Crippen molar-refractivity contribution in [1.29, 1.82) is 0 Å². The zero-order valence-corrected chi connectivity index (χ0v) is 14.7. The highest BCUT2D eigenvalue weighted by Gasteiger charge is 2.47. The summed E-state index contributed by atoms with van der Waals surface area (Å²) in [5, 5.41) is 2.43. The van der Waals surface area contributed by atoms with Gasteiger partial charge in [0.15, 0.2) is 6.10 Å². The number of hydrogen-bond donors (Lipinski definition) is 1. The van der Waals surface area contributed by atoms with E-state index in [4.69, 9.17) is 4.74 Å². The number of allylic oxidation sites excluding steroid dienone is 2. The molecule has 1 N–H and O–H groups in total. The summed E-state index contributed by atoms with van der Waals surface area (Å²) in [5.74, 6) is -3.64. The molecule has 0 saturated carbocycles. The molecule has 1 aliphatic carbocycles. The minimum Gasteiger partial charge on any atom is -0.451 e. The van der Waals surface area contributed by atoms with Crippen molar-refractivity contribution in [2.75, 3.05) is 11.9 Å². The van der Waals surface area contributed by atoms with E-state index in [0.717, 1.165) is 11.0 Å². The Morgan fingerprint density at radius 3 is 2.44 bits per heavy atom. The van der Waals surface area contributed by atoms with Crippen molar-refractivity contribution in [3.05, 3.63) is 42.2 Å². The topological polar surface area (TPSA) is 92.8 Å². The summed E-state index contributed by atoms with van der Waals surface area (Å²) >= 11 is 0. The molecule has 1 aromatic rings. The summed E-state index contributed by atoms with van der Waals surface area (Å²) in [5.41, 5.74) is 0.226. The monoisotopic (exact) mass is 374 g/mol. The molecule has 3 rings (SSSR count). The Bertz CT molecular complexity index is 796. The first-order chi connectivity index (χ1) is 12.9. The fraction of sp³-hybridized carbons (Fsp3) is 0.368. The van der Waals surface area contributed by atoms with Gasteiger partial charge < -0.3 is 10.1 Å². The molecule has 0 spiro atoms. The Kier molecular flexibility index (Phi) is 5.34. The highest BCUT2D eigenvalue weighted by Crippen LogP contribution is 2.34. The van der Waals surface area contributed by atoms with Gasteiger partial charge in [-0.1, -0.05) is 18.2 Å². The Hall–Kier alpha value is -3.03. The lowest BCUT2D eigenvalue weighted by atomic mass is 9.85. The van der Waals surface area contributed by atoms with E-state index < -0.39 is 42.2 Å². The lowest BCUT2D eigenvalue weighted by Crippen LogP contribution is -2.39. The van der Waals surface area contributed by atoms with Crippen LogP contribution >= 0.6 is 0 Å². The van der Waals surface area contributed by atoms with Crippen LogP contribution in [0.3, 0.4) is 0 Å². The number of ether oxygens (including phenoxy) is 1. The number of amides is 3. The van der Waals surface area contributed by atoms with Crippen LogP contribution in [0.5, 0.6) is 0 Å². The maximum Gasteiger partial charge on any atom is 0.326 e. The average molecular weight is 374 g/mol. The van der Waals surface area contributed by atoms with Crippen molar-refractivity contribution in [1.82, 2.24) is 4.90 Å². The van der Waals surface area contributed by atoms with Gasteiger partial charge in [-0.3, -0.25) is 24.1 Å². The molecule has 0 unspecified atom stereocenters. The lowest BCUT2D eigenvalue weighted by molar-refractivity contribution is -0.158. The van der Waals surface area contributed by atoms with Gasteiger partial charge in [-0.15, -0.1) is 0 Å². The van der Waals surface area contributed by atoms with Gasteiger partial charge in [-0.05, 0) is 38.0 Å². The third kappa shape index (κ3) is 4.05. The molecule has 7 nitrogen and oxygen atoms in total. The Morgan fingerprint density at radius 2 is 1.85 bits per heavy atom. The molecule has 3 amide bonds. The lowest BCUT2D eigenvalue weighted by Gasteiger charge is -2.17. The molecular formula is C19H19FN2O5. The van der Waals surface area contributed by atoms with Crippen molar-refractivity contribution in [2.45, 2.75) is 25.9 Å². The summed E-state index contributed by atoms with van der Waals surface area (Å²) in [7, 11) is 0. The third-order valence-electron chi connectivity index (χ3n) is 4.66. The van der Waals surface area contributed by atoms with Crippen molar-refractivity contribution in [2.24, 2.45) is 11.8 Å². The van der Waals surface area contributed by atoms with Gasteiger partial charge in [-0.2, -0.15) is 0 Å². The van der Waals surface area contributed by atoms with Gasteiger partial charge in [0.05, 0.1) is 11.8 Å². The summed E-state index contributed by atoms with van der Waals surface area (Å²) in [4.78, 5) is 49.7. The van der Waals surface area contributed by atoms with Crippen LogP contribution < -0.4 is 5.32 Å². The van der Waals surface area contributed by atoms with Crippen molar-refractivity contribution in [3.8, 4) is 0 Å². The first-order valence-electron chi connectivity index (χ1n) is 8.63. The fourth-order valence-corrected chi connectivity index (χ4v) is 3.25. The van der Waals surface area contributed by atoms with Crippen LogP contribution in [0.4, 0.5) is 10.1 Å². The van der Waals surface area contributed by atoms with Gasteiger partial charge in [0.1, 0.15) is 12.4 Å². The molecule has 1 aliphatic heterocycles. The molecule has 1 heterocycles. The number of carbonyl (C=O) groups is 4. The van der Waals surface area contributed by atoms with Crippen LogP contribution in [0.2, 0.25) is 0 Å². The van der Waals surface area contributed by atoms with E-state index in [1.165, 1.54) is 25.1 Å². The smallest absolute Gasteiger partial charge is 0.326 e. The number of nitrogens with one attached hydrogen (secondary N) is 1. The zero-order valence-electron chi connectivity index (χ0n) is 14.7. The number of halogens is 1. The molecule has 0 bridgehead atoms. The van der Waals surface area contributed by atoms with Crippen molar-refractivity contribution >= 4 is 29.4 Å². The van der Waals surface area contributed by atoms with Gasteiger partial charge in [0.2, 0.25) is 11.8 Å². The Balaban J connectivity index is 1.55. The van der Waals surface area contributed by atoms with Crippen LogP contribution in [-0.4, -0.2) is 41.2 Å². The molecule has 1 fully saturated rings. The van der Waals surface area contributed by atoms with Crippen LogP contribution in [0.15, 0.2) is 36.4 Å². The summed E-state index contributed by atoms with van der Waals surface area (Å²) in [6, 6.07) is 5.29. The van der Waals surface area contributed by atoms with E-state index in [1.807, 2.05) is 12.2 Å². The van der Waals surface area contributed by atoms with E-state index in [-0.39, 0.29) is 17.5 Å². The molecule has 27 heavy (non-hydrogen) atoms. The average Bonchev–Trinajstić information content (AvgIpc) is 2.87. The Morgan fingerprint density at radius 1 is 1.22 bits per heavy atom. The van der Waals surface area contributed by atoms with E-state index in [9.17, 15) is 23.6 Å². The van der Waals surface area contributed by atoms with Crippen LogP contribution in [0, 0.1) is 17.7 Å². The second-order valence-corrected chi connectivity index (χ2v) is 6.55. The van der Waals surface area contributed by atoms with E-state index in [1.54, 1.807) is 0 Å². The van der Waals surface area contributed by atoms with Gasteiger partial charge >= 0.3 is 5.97 Å². The molecule has 2 aliphatic rings. The fourth-order valence-electron chi connectivity index (χ4n) is 3.25. The number of nitrogens with zero attached hydrogens (tertiary/aromatic N) is 1. The number of esters is 1. The van der Waals surface area contributed by atoms with E-state index in [2.05, 4.69) is 5.32 Å². The third-order valence-corrected chi connectivity index (χ3v) is 4.66. The molecule has 142 valence electrons. The summed E-state index contributed by atoms with van der Waals surface area (Å²) in [6.45, 7) is 0.825. The number of hydrogen-bond acceptors (Lipinski definition) is 5. The largest absolute Gasteiger partial charge is 0.451 e. The molecule has 0 aromatic heterocycles. The van der Waals surface area contributed by atoms with E-state index in [0.29, 0.717) is 12.8 Å². The van der Waals surface area contributed by atoms with Gasteiger partial charge in [-0.25, -0.2) is 4.39 Å². The molecule has 0 radical (unpaired) electrons. The predicted molar refractivity (Wildman–Crippen MR) is 92.7 cm³/mol. The normalized spacial score (nSPS) is 22.4. The number of imide groups is 1. The maximum atomic E-state index is 13.1. The highest BCUT2D eigenvalue weighted by molar-refractivity contribution is 6.07. The minimum atomic E-state index is -1.17. The van der Waals surface area contributed by atoms with Gasteiger partial charge in [0.25, 0.3) is 5.91 Å². The standard InChI is InChI=1S/C19H19FN2O5/c1-11(17(24)21-13-6-4-5-12(20)9-13)27-16(23)10-22-18(25)14-7-2-3-8-15(14)19(22)26/h2-6,9,11,14-15H,7-8,10H2,1H3,(H,21,24)/t11-,14-,15+/m1/s1. The Labute approximate surface area is 155 Å². The van der Waals surface area contributed by atoms with Crippen LogP contribution in [0.1, 0.15) is 19.8 Å². The summed E-state index contributed by atoms with van der Waals surface area (Å²) in [6.07, 6.45) is 3.50. The number of rotatable bonds is 5. The predicted octanol–water partition coefficient (Wildman–Crippen LogP) is 1.65. The molecule has 1 aromatic carbocycles. The second-order valence-electron chi connectivity index (χ2n) is 6.55. The molecule has 1 saturated heterocycles. The van der Waals surface area contributed by atoms with Crippen molar-refractivity contribution in [3.63, 3.8) is 0 Å². The number of benzene rings is 1. The van der Waals surface area contributed by atoms with Crippen LogP contribution in [-0.2, 0) is 23.9 Å². The summed E-state index contributed by atoms with van der Waals surface area (Å²) < 4.78 is 18.2. The second kappa shape index (κ2) is 7.69. The number of fused-ring (bicyclic) bond motifs is 1. The minimum absolute atomic E-state index is 0.226. The highest BCUT2D eigenvalue weighted by atomic mass is 19.1. The first kappa shape index (κ1) is 18.8. The molecule has 8 heteroatoms. The zero-order chi connectivity index (χ0) is 19.6. The number of likely N-dealkylation sites (tertiary alicyclic amines) is 1.